The average molecular weight is 450 g/mol. The Kier molecular flexibility index (Phi) is 7.57. The number of hydrogen-bond donors (Lipinski definition) is 1. The molecule has 1 aromatic heterocycles. The van der Waals surface area contributed by atoms with E-state index in [0.717, 1.165) is 55.7 Å². The molecule has 0 spiro atoms. The number of benzene rings is 2. The zero-order valence-corrected chi connectivity index (χ0v) is 19.3. The highest BCUT2D eigenvalue weighted by molar-refractivity contribution is 5.94. The van der Waals surface area contributed by atoms with Gasteiger partial charge in [-0.1, -0.05) is 18.2 Å². The van der Waals surface area contributed by atoms with Gasteiger partial charge in [0.15, 0.2) is 0 Å². The highest BCUT2D eigenvalue weighted by Gasteiger charge is 2.19. The molecular formula is C25H31N5O3. The number of nitrogens with zero attached hydrogens (tertiary/aromatic N) is 4. The van der Waals surface area contributed by atoms with E-state index in [1.165, 1.54) is 5.56 Å². The second-order valence-corrected chi connectivity index (χ2v) is 7.99. The Morgan fingerprint density at radius 1 is 1.06 bits per heavy atom. The van der Waals surface area contributed by atoms with E-state index in [0.29, 0.717) is 25.1 Å². The van der Waals surface area contributed by atoms with Gasteiger partial charge in [-0.2, -0.15) is 0 Å². The highest BCUT2D eigenvalue weighted by Crippen LogP contribution is 2.21. The Balaban J connectivity index is 1.31. The van der Waals surface area contributed by atoms with E-state index >= 15 is 0 Å². The van der Waals surface area contributed by atoms with Gasteiger partial charge in [-0.3, -0.25) is 9.69 Å². The largest absolute Gasteiger partial charge is 0.497 e. The van der Waals surface area contributed by atoms with Crippen LogP contribution in [-0.4, -0.2) is 58.9 Å². The van der Waals surface area contributed by atoms with Crippen molar-refractivity contribution in [3.8, 4) is 11.5 Å². The van der Waals surface area contributed by atoms with Gasteiger partial charge in [0.25, 0.3) is 5.91 Å². The molecule has 2 aromatic carbocycles. The SMILES string of the molecule is CCOc1ccccc1CN1CCc2nnc(CCNC(=O)c3ccc(OC)cc3)n2CC1. The predicted octanol–water partition coefficient (Wildman–Crippen LogP) is 2.72. The molecule has 0 bridgehead atoms. The number of nitrogens with one attached hydrogen (secondary N) is 1. The molecule has 4 rings (SSSR count). The molecule has 0 saturated heterocycles. The number of carbonyl (C=O) groups excluding carboxylic acids is 1. The maximum absolute atomic E-state index is 12.4. The first kappa shape index (κ1) is 22.8. The molecule has 8 nitrogen and oxygen atoms in total. The normalized spacial score (nSPS) is 13.8. The van der Waals surface area contributed by atoms with Crippen molar-refractivity contribution in [2.45, 2.75) is 32.9 Å². The molecule has 0 radical (unpaired) electrons. The molecule has 1 aliphatic heterocycles. The maximum atomic E-state index is 12.4. The molecule has 1 aliphatic rings. The van der Waals surface area contributed by atoms with Gasteiger partial charge in [-0.15, -0.1) is 10.2 Å². The van der Waals surface area contributed by atoms with Gasteiger partial charge in [0.2, 0.25) is 0 Å². The van der Waals surface area contributed by atoms with Crippen molar-refractivity contribution in [3.63, 3.8) is 0 Å². The number of fused-ring (bicyclic) bond motifs is 1. The minimum absolute atomic E-state index is 0.104. The number of methoxy groups -OCH3 is 1. The molecule has 33 heavy (non-hydrogen) atoms. The molecule has 2 heterocycles. The molecule has 0 atom stereocenters. The van der Waals surface area contributed by atoms with E-state index in [4.69, 9.17) is 9.47 Å². The summed E-state index contributed by atoms with van der Waals surface area (Å²) < 4.78 is 13.1. The lowest BCUT2D eigenvalue weighted by atomic mass is 10.2. The number of ether oxygens (including phenoxy) is 2. The van der Waals surface area contributed by atoms with E-state index in [2.05, 4.69) is 37.1 Å². The number of aromatic nitrogens is 3. The first-order valence-electron chi connectivity index (χ1n) is 11.4. The molecule has 0 aliphatic carbocycles. The van der Waals surface area contributed by atoms with Crippen molar-refractivity contribution in [3.05, 3.63) is 71.3 Å². The number of rotatable bonds is 9. The van der Waals surface area contributed by atoms with Crippen LogP contribution in [0.4, 0.5) is 0 Å². The Bertz CT molecular complexity index is 1060. The Labute approximate surface area is 194 Å². The molecule has 174 valence electrons. The summed E-state index contributed by atoms with van der Waals surface area (Å²) in [5.74, 6) is 3.50. The molecule has 0 fully saturated rings. The molecule has 8 heteroatoms. The van der Waals surface area contributed by atoms with E-state index < -0.39 is 0 Å². The van der Waals surface area contributed by atoms with Crippen molar-refractivity contribution in [1.29, 1.82) is 0 Å². The summed E-state index contributed by atoms with van der Waals surface area (Å²) in [6.07, 6.45) is 1.49. The van der Waals surface area contributed by atoms with Crippen LogP contribution in [0.2, 0.25) is 0 Å². The summed E-state index contributed by atoms with van der Waals surface area (Å²) in [6.45, 7) is 6.70. The summed E-state index contributed by atoms with van der Waals surface area (Å²) in [6, 6.07) is 15.3. The standard InChI is InChI=1S/C25H31N5O3/c1-3-33-22-7-5-4-6-20(22)18-29-15-13-24-28-27-23(30(24)17-16-29)12-14-26-25(31)19-8-10-21(32-2)11-9-19/h4-11H,3,12-18H2,1-2H3,(H,26,31). The first-order valence-corrected chi connectivity index (χ1v) is 11.4. The number of hydrogen-bond acceptors (Lipinski definition) is 6. The minimum Gasteiger partial charge on any atom is -0.497 e. The Morgan fingerprint density at radius 2 is 1.88 bits per heavy atom. The van der Waals surface area contributed by atoms with Crippen LogP contribution in [0.25, 0.3) is 0 Å². The second kappa shape index (κ2) is 11.0. The zero-order valence-electron chi connectivity index (χ0n) is 19.3. The average Bonchev–Trinajstić information content (AvgIpc) is 3.12. The van der Waals surface area contributed by atoms with Gasteiger partial charge in [0.05, 0.1) is 13.7 Å². The first-order chi connectivity index (χ1) is 16.2. The fourth-order valence-corrected chi connectivity index (χ4v) is 4.07. The van der Waals surface area contributed by atoms with Crippen LogP contribution in [-0.2, 0) is 25.9 Å². The monoisotopic (exact) mass is 449 g/mol. The van der Waals surface area contributed by atoms with Crippen LogP contribution in [0.15, 0.2) is 48.5 Å². The maximum Gasteiger partial charge on any atom is 0.251 e. The smallest absolute Gasteiger partial charge is 0.251 e. The number of carbonyl (C=O) groups is 1. The van der Waals surface area contributed by atoms with Crippen LogP contribution in [0.3, 0.4) is 0 Å². The van der Waals surface area contributed by atoms with Gasteiger partial charge in [-0.05, 0) is 37.3 Å². The van der Waals surface area contributed by atoms with Gasteiger partial charge >= 0.3 is 0 Å². The molecule has 3 aromatic rings. The number of amides is 1. The van der Waals surface area contributed by atoms with Gasteiger partial charge in [0, 0.05) is 56.7 Å². The fraction of sp³-hybridized carbons (Fsp3) is 0.400. The number of para-hydroxylation sites is 1. The second-order valence-electron chi connectivity index (χ2n) is 7.99. The van der Waals surface area contributed by atoms with Crippen molar-refractivity contribution < 1.29 is 14.3 Å². The van der Waals surface area contributed by atoms with Crippen LogP contribution in [0.1, 0.15) is 34.5 Å². The summed E-state index contributed by atoms with van der Waals surface area (Å²) in [5, 5.41) is 11.8. The van der Waals surface area contributed by atoms with E-state index in [9.17, 15) is 4.79 Å². The zero-order chi connectivity index (χ0) is 23.0. The van der Waals surface area contributed by atoms with Crippen LogP contribution in [0.5, 0.6) is 11.5 Å². The Hall–Kier alpha value is -3.39. The topological polar surface area (TPSA) is 81.5 Å². The van der Waals surface area contributed by atoms with Gasteiger partial charge in [-0.25, -0.2) is 0 Å². The minimum atomic E-state index is -0.104. The van der Waals surface area contributed by atoms with E-state index in [-0.39, 0.29) is 5.91 Å². The lowest BCUT2D eigenvalue weighted by Crippen LogP contribution is -2.28. The lowest BCUT2D eigenvalue weighted by Gasteiger charge is -2.21. The third kappa shape index (κ3) is 5.70. The van der Waals surface area contributed by atoms with Gasteiger partial charge in [0.1, 0.15) is 23.1 Å². The van der Waals surface area contributed by atoms with Crippen LogP contribution < -0.4 is 14.8 Å². The third-order valence-corrected chi connectivity index (χ3v) is 5.85. The van der Waals surface area contributed by atoms with E-state index in [1.54, 1.807) is 31.4 Å². The van der Waals surface area contributed by atoms with Gasteiger partial charge < -0.3 is 19.4 Å². The summed E-state index contributed by atoms with van der Waals surface area (Å²) >= 11 is 0. The molecule has 0 unspecified atom stereocenters. The lowest BCUT2D eigenvalue weighted by molar-refractivity contribution is 0.0954. The third-order valence-electron chi connectivity index (χ3n) is 5.85. The van der Waals surface area contributed by atoms with Crippen LogP contribution >= 0.6 is 0 Å². The van der Waals surface area contributed by atoms with Crippen LogP contribution in [0, 0.1) is 0 Å². The molecule has 0 saturated carbocycles. The van der Waals surface area contributed by atoms with E-state index in [1.807, 2.05) is 19.1 Å². The summed E-state index contributed by atoms with van der Waals surface area (Å²) in [5.41, 5.74) is 1.82. The summed E-state index contributed by atoms with van der Waals surface area (Å²) in [7, 11) is 1.61. The summed E-state index contributed by atoms with van der Waals surface area (Å²) in [4.78, 5) is 14.8. The van der Waals surface area contributed by atoms with Crippen molar-refractivity contribution in [2.24, 2.45) is 0 Å². The van der Waals surface area contributed by atoms with Crippen molar-refractivity contribution in [1.82, 2.24) is 25.0 Å². The van der Waals surface area contributed by atoms with Crippen molar-refractivity contribution >= 4 is 5.91 Å². The quantitative estimate of drug-likeness (QED) is 0.541. The fourth-order valence-electron chi connectivity index (χ4n) is 4.07. The predicted molar refractivity (Wildman–Crippen MR) is 126 cm³/mol. The molecule has 1 amide bonds. The molecule has 1 N–H and O–H groups in total. The molecular weight excluding hydrogens is 418 g/mol. The Morgan fingerprint density at radius 3 is 2.67 bits per heavy atom. The van der Waals surface area contributed by atoms with Crippen molar-refractivity contribution in [2.75, 3.05) is 33.4 Å². The highest BCUT2D eigenvalue weighted by atomic mass is 16.5.